The summed E-state index contributed by atoms with van der Waals surface area (Å²) in [4.78, 5) is 0. The molecule has 0 aromatic heterocycles. The summed E-state index contributed by atoms with van der Waals surface area (Å²) in [5.74, 6) is 0. The molecule has 0 rings (SSSR count). The summed E-state index contributed by atoms with van der Waals surface area (Å²) in [6, 6.07) is 0. The van der Waals surface area contributed by atoms with Gasteiger partial charge in [0.05, 0.1) is 24.4 Å². The Bertz CT molecular complexity index is 172. The highest BCUT2D eigenvalue weighted by molar-refractivity contribution is 4.56. The quantitative estimate of drug-likeness (QED) is 0.637. The minimum atomic E-state index is -0.350. The van der Waals surface area contributed by atoms with Gasteiger partial charge in [-0.3, -0.25) is 0 Å². The molecule has 0 radical (unpaired) electrons. The molecule has 0 aliphatic rings. The third-order valence-electron chi connectivity index (χ3n) is 2.82. The molecule has 0 fully saturated rings. The number of ether oxygens (including phenoxy) is 2. The van der Waals surface area contributed by atoms with E-state index < -0.39 is 0 Å². The monoisotopic (exact) mass is 278 g/mol. The fourth-order valence-corrected chi connectivity index (χ4v) is 0.996. The fraction of sp³-hybridized carbons (Fsp3) is 1.00. The van der Waals surface area contributed by atoms with Crippen molar-refractivity contribution in [3.63, 3.8) is 0 Å². The largest absolute Gasteiger partial charge is 0.391 e. The van der Waals surface area contributed by atoms with E-state index in [0.29, 0.717) is 0 Å². The maximum absolute atomic E-state index is 9.00. The Balaban J connectivity index is 0. The lowest BCUT2D eigenvalue weighted by Gasteiger charge is -2.14. The van der Waals surface area contributed by atoms with Crippen LogP contribution in [0.3, 0.4) is 0 Å². The Hall–Kier alpha value is -0.160. The summed E-state index contributed by atoms with van der Waals surface area (Å²) in [6.45, 7) is 12.9. The van der Waals surface area contributed by atoms with Crippen molar-refractivity contribution in [2.75, 3.05) is 13.2 Å². The molecule has 0 amide bonds. The van der Waals surface area contributed by atoms with E-state index in [1.54, 1.807) is 13.8 Å². The lowest BCUT2D eigenvalue weighted by Crippen LogP contribution is -2.22. The van der Waals surface area contributed by atoms with E-state index in [4.69, 9.17) is 19.7 Å². The van der Waals surface area contributed by atoms with E-state index in [2.05, 4.69) is 13.8 Å². The molecule has 4 heteroatoms. The Morgan fingerprint density at radius 2 is 1.16 bits per heavy atom. The van der Waals surface area contributed by atoms with Gasteiger partial charge in [-0.1, -0.05) is 20.3 Å². The number of aliphatic hydroxyl groups is 2. The molecule has 0 heterocycles. The SMILES string of the molecule is CCCCOC(C)C(C)O.CCCOC(C)C(C)O. The van der Waals surface area contributed by atoms with Crippen molar-refractivity contribution in [1.29, 1.82) is 0 Å². The van der Waals surface area contributed by atoms with E-state index in [-0.39, 0.29) is 24.4 Å². The minimum Gasteiger partial charge on any atom is -0.391 e. The summed E-state index contributed by atoms with van der Waals surface area (Å²) in [6.07, 6.45) is 2.49. The summed E-state index contributed by atoms with van der Waals surface area (Å²) in [7, 11) is 0. The lowest BCUT2D eigenvalue weighted by molar-refractivity contribution is -0.0190. The van der Waals surface area contributed by atoms with Gasteiger partial charge >= 0.3 is 0 Å². The zero-order valence-electron chi connectivity index (χ0n) is 13.6. The highest BCUT2D eigenvalue weighted by Crippen LogP contribution is 1.99. The van der Waals surface area contributed by atoms with Crippen molar-refractivity contribution in [2.45, 2.75) is 85.2 Å². The molecule has 0 aliphatic carbocycles. The van der Waals surface area contributed by atoms with Crippen molar-refractivity contribution in [3.05, 3.63) is 0 Å². The Kier molecular flexibility index (Phi) is 15.9. The number of rotatable bonds is 9. The van der Waals surface area contributed by atoms with Crippen molar-refractivity contribution in [1.82, 2.24) is 0 Å². The predicted molar refractivity (Wildman–Crippen MR) is 79.4 cm³/mol. The second-order valence-corrected chi connectivity index (χ2v) is 4.99. The van der Waals surface area contributed by atoms with Gasteiger partial charge in [0.2, 0.25) is 0 Å². The molecule has 0 saturated carbocycles. The van der Waals surface area contributed by atoms with Crippen LogP contribution in [0.25, 0.3) is 0 Å². The van der Waals surface area contributed by atoms with E-state index >= 15 is 0 Å². The fourth-order valence-electron chi connectivity index (χ4n) is 0.996. The average Bonchev–Trinajstić information content (AvgIpc) is 2.36. The van der Waals surface area contributed by atoms with Crippen LogP contribution in [0.15, 0.2) is 0 Å². The van der Waals surface area contributed by atoms with Crippen LogP contribution in [0.4, 0.5) is 0 Å². The molecule has 0 aromatic rings. The highest BCUT2D eigenvalue weighted by atomic mass is 16.5. The molecule has 0 aromatic carbocycles. The zero-order valence-corrected chi connectivity index (χ0v) is 13.6. The van der Waals surface area contributed by atoms with Crippen molar-refractivity contribution >= 4 is 0 Å². The second kappa shape index (κ2) is 14.3. The molecule has 4 nitrogen and oxygen atoms in total. The predicted octanol–water partition coefficient (Wildman–Crippen LogP) is 2.75. The van der Waals surface area contributed by atoms with E-state index in [1.165, 1.54) is 0 Å². The van der Waals surface area contributed by atoms with Crippen LogP contribution in [0.2, 0.25) is 0 Å². The Morgan fingerprint density at radius 1 is 0.737 bits per heavy atom. The standard InChI is InChI=1S/C8H18O2.C7H16O2/c1-4-5-6-10-8(3)7(2)9;1-4-5-9-7(3)6(2)8/h7-9H,4-6H2,1-3H3;6-8H,4-5H2,1-3H3. The summed E-state index contributed by atoms with van der Waals surface area (Å²) < 4.78 is 10.5. The molecule has 0 bridgehead atoms. The highest BCUT2D eigenvalue weighted by Gasteiger charge is 2.07. The van der Waals surface area contributed by atoms with Gasteiger partial charge in [-0.05, 0) is 40.5 Å². The summed E-state index contributed by atoms with van der Waals surface area (Å²) >= 11 is 0. The van der Waals surface area contributed by atoms with Gasteiger partial charge < -0.3 is 19.7 Å². The number of hydrogen-bond acceptors (Lipinski definition) is 4. The third kappa shape index (κ3) is 15.8. The number of unbranched alkanes of at least 4 members (excludes halogenated alkanes) is 1. The Labute approximate surface area is 119 Å². The van der Waals surface area contributed by atoms with Gasteiger partial charge in [-0.2, -0.15) is 0 Å². The van der Waals surface area contributed by atoms with Crippen LogP contribution >= 0.6 is 0 Å². The smallest absolute Gasteiger partial charge is 0.0803 e. The molecule has 4 atom stereocenters. The molecule has 0 spiro atoms. The van der Waals surface area contributed by atoms with Gasteiger partial charge in [-0.25, -0.2) is 0 Å². The summed E-state index contributed by atoms with van der Waals surface area (Å²) in [5.41, 5.74) is 0. The van der Waals surface area contributed by atoms with Gasteiger partial charge in [-0.15, -0.1) is 0 Å². The molecule has 0 saturated heterocycles. The summed E-state index contributed by atoms with van der Waals surface area (Å²) in [5, 5.41) is 17.9. The first-order chi connectivity index (χ1) is 8.86. The van der Waals surface area contributed by atoms with Gasteiger partial charge in [0.15, 0.2) is 0 Å². The molecule has 0 aliphatic heterocycles. The van der Waals surface area contributed by atoms with Crippen LogP contribution in [-0.2, 0) is 9.47 Å². The first-order valence-electron chi connectivity index (χ1n) is 7.46. The van der Waals surface area contributed by atoms with Crippen LogP contribution in [0.5, 0.6) is 0 Å². The lowest BCUT2D eigenvalue weighted by atomic mass is 10.2. The van der Waals surface area contributed by atoms with Gasteiger partial charge in [0.25, 0.3) is 0 Å². The Morgan fingerprint density at radius 3 is 1.47 bits per heavy atom. The zero-order chi connectivity index (χ0) is 15.3. The number of hydrogen-bond donors (Lipinski definition) is 2. The van der Waals surface area contributed by atoms with Gasteiger partial charge in [0.1, 0.15) is 0 Å². The van der Waals surface area contributed by atoms with Crippen molar-refractivity contribution in [3.8, 4) is 0 Å². The average molecular weight is 278 g/mol. The van der Waals surface area contributed by atoms with Crippen LogP contribution in [-0.4, -0.2) is 47.8 Å². The maximum atomic E-state index is 9.00. The van der Waals surface area contributed by atoms with E-state index in [1.807, 2.05) is 13.8 Å². The van der Waals surface area contributed by atoms with Crippen LogP contribution in [0.1, 0.15) is 60.8 Å². The first kappa shape index (κ1) is 21.1. The number of aliphatic hydroxyl groups excluding tert-OH is 2. The minimum absolute atomic E-state index is 0.0217. The maximum Gasteiger partial charge on any atom is 0.0803 e. The van der Waals surface area contributed by atoms with Crippen LogP contribution < -0.4 is 0 Å². The first-order valence-corrected chi connectivity index (χ1v) is 7.46. The molecular formula is C15H34O4. The van der Waals surface area contributed by atoms with E-state index in [9.17, 15) is 0 Å². The molecule has 19 heavy (non-hydrogen) atoms. The van der Waals surface area contributed by atoms with E-state index in [0.717, 1.165) is 32.5 Å². The molecule has 4 unspecified atom stereocenters. The van der Waals surface area contributed by atoms with Crippen molar-refractivity contribution < 1.29 is 19.7 Å². The normalized spacial score (nSPS) is 17.1. The third-order valence-corrected chi connectivity index (χ3v) is 2.82. The molecule has 118 valence electrons. The van der Waals surface area contributed by atoms with Gasteiger partial charge in [0, 0.05) is 13.2 Å². The van der Waals surface area contributed by atoms with Crippen molar-refractivity contribution in [2.24, 2.45) is 0 Å². The molecule has 2 N–H and O–H groups in total. The second-order valence-electron chi connectivity index (χ2n) is 4.99. The molecular weight excluding hydrogens is 244 g/mol. The topological polar surface area (TPSA) is 58.9 Å². The van der Waals surface area contributed by atoms with Crippen LogP contribution in [0, 0.1) is 0 Å².